The molecule has 1 aromatic heterocycles. The number of hydrogen-bond acceptors (Lipinski definition) is 7. The van der Waals surface area contributed by atoms with E-state index in [0.717, 1.165) is 43.4 Å². The number of aliphatic hydroxyl groups excluding tert-OH is 1. The van der Waals surface area contributed by atoms with Crippen LogP contribution in [0.1, 0.15) is 80.1 Å². The van der Waals surface area contributed by atoms with Crippen molar-refractivity contribution < 1.29 is 37.0 Å². The maximum absolute atomic E-state index is 13.2. The van der Waals surface area contributed by atoms with Crippen LogP contribution in [0.5, 0.6) is 5.75 Å². The molecule has 3 aromatic rings. The summed E-state index contributed by atoms with van der Waals surface area (Å²) in [7, 11) is 0. The van der Waals surface area contributed by atoms with E-state index < -0.39 is 29.7 Å². The lowest BCUT2D eigenvalue weighted by atomic mass is 9.80. The molecule has 3 N–H and O–H groups in total. The molecule has 12 heteroatoms. The van der Waals surface area contributed by atoms with Crippen molar-refractivity contribution >= 4 is 11.8 Å². The van der Waals surface area contributed by atoms with E-state index in [-0.39, 0.29) is 17.4 Å². The summed E-state index contributed by atoms with van der Waals surface area (Å²) in [5.41, 5.74) is -0.177. The topological polar surface area (TPSA) is 127 Å². The zero-order valence-corrected chi connectivity index (χ0v) is 22.5. The summed E-state index contributed by atoms with van der Waals surface area (Å²) in [4.78, 5) is 26.1. The van der Waals surface area contributed by atoms with E-state index in [0.29, 0.717) is 44.5 Å². The molecule has 0 radical (unpaired) electrons. The lowest BCUT2D eigenvalue weighted by Crippen LogP contribution is -2.59. The zero-order valence-electron chi connectivity index (χ0n) is 22.5. The molecule has 0 bridgehead atoms. The highest BCUT2D eigenvalue weighted by Crippen LogP contribution is 2.30. The largest absolute Gasteiger partial charge is 0.573 e. The number of benzene rings is 2. The Bertz CT molecular complexity index is 1280. The third kappa shape index (κ3) is 8.53. The zero-order chi connectivity index (χ0) is 29.3. The maximum Gasteiger partial charge on any atom is 0.573 e. The van der Waals surface area contributed by atoms with Crippen LogP contribution in [0.3, 0.4) is 0 Å². The minimum Gasteiger partial charge on any atom is -0.418 e. The first kappa shape index (κ1) is 30.0. The number of ether oxygens (including phenoxy) is 1. The van der Waals surface area contributed by atoms with Gasteiger partial charge < -0.3 is 24.9 Å². The number of halogens is 3. The molecule has 0 aliphatic heterocycles. The van der Waals surface area contributed by atoms with Gasteiger partial charge in [-0.1, -0.05) is 50.3 Å². The van der Waals surface area contributed by atoms with Gasteiger partial charge in [0.15, 0.2) is 0 Å². The van der Waals surface area contributed by atoms with Crippen molar-refractivity contribution in [2.75, 3.05) is 6.54 Å². The molecule has 220 valence electrons. The fourth-order valence-electron chi connectivity index (χ4n) is 4.86. The van der Waals surface area contributed by atoms with Gasteiger partial charge in [-0.05, 0) is 62.1 Å². The number of rotatable bonds is 12. The van der Waals surface area contributed by atoms with E-state index >= 15 is 0 Å². The van der Waals surface area contributed by atoms with Crippen molar-refractivity contribution in [1.29, 1.82) is 0 Å². The van der Waals surface area contributed by atoms with Crippen LogP contribution in [0, 0.1) is 0 Å². The van der Waals surface area contributed by atoms with Crippen LogP contribution in [0.15, 0.2) is 59.0 Å². The highest BCUT2D eigenvalue weighted by molar-refractivity contribution is 5.99. The predicted molar refractivity (Wildman–Crippen MR) is 143 cm³/mol. The normalized spacial score (nSPS) is 15.6. The van der Waals surface area contributed by atoms with E-state index in [1.807, 2.05) is 30.3 Å². The summed E-state index contributed by atoms with van der Waals surface area (Å²) in [5, 5.41) is 24.1. The summed E-state index contributed by atoms with van der Waals surface area (Å²) in [6.45, 7) is 0.398. The van der Waals surface area contributed by atoms with Crippen molar-refractivity contribution in [1.82, 2.24) is 20.8 Å². The highest BCUT2D eigenvalue weighted by atomic mass is 19.4. The van der Waals surface area contributed by atoms with E-state index in [1.54, 1.807) is 0 Å². The molecule has 1 aliphatic rings. The van der Waals surface area contributed by atoms with Crippen molar-refractivity contribution in [3.05, 3.63) is 66.1 Å². The molecule has 2 aromatic carbocycles. The number of hydrogen-bond donors (Lipinski definition) is 3. The van der Waals surface area contributed by atoms with E-state index in [9.17, 15) is 27.9 Å². The van der Waals surface area contributed by atoms with Gasteiger partial charge in [0.25, 0.3) is 5.91 Å². The standard InChI is InChI=1S/C29H33F3N4O5/c30-29(31,32)41-22-15-13-20(14-16-22)24(38)34-28(17-7-3-8-18-28)27(39)33-19-9-2-6-12-23(37)26-36-35-25(40-26)21-10-4-1-5-11-21/h1,4-5,10-11,13-16,23,37H,2-3,6-9,12,17-19H2,(H,33,39)(H,34,38). The maximum atomic E-state index is 13.2. The Labute approximate surface area is 235 Å². The summed E-state index contributed by atoms with van der Waals surface area (Å²) < 4.78 is 46.7. The van der Waals surface area contributed by atoms with Crippen LogP contribution in [0.4, 0.5) is 13.2 Å². The average molecular weight is 575 g/mol. The molecule has 1 saturated carbocycles. The SMILES string of the molecule is O=C(NC1(C(=O)NCCCCCC(O)c2nnc(-c3ccccc3)o2)CCCCC1)c1ccc(OC(F)(F)F)cc1. The summed E-state index contributed by atoms with van der Waals surface area (Å²) >= 11 is 0. The Morgan fingerprint density at radius 1 is 0.976 bits per heavy atom. The second kappa shape index (κ2) is 13.6. The van der Waals surface area contributed by atoms with Crippen molar-refractivity contribution in [2.45, 2.75) is 75.8 Å². The molecular formula is C29H33F3N4O5. The average Bonchev–Trinajstić information content (AvgIpc) is 3.46. The number of alkyl halides is 3. The lowest BCUT2D eigenvalue weighted by Gasteiger charge is -2.36. The highest BCUT2D eigenvalue weighted by Gasteiger charge is 2.41. The summed E-state index contributed by atoms with van der Waals surface area (Å²) in [6, 6.07) is 13.9. The van der Waals surface area contributed by atoms with Gasteiger partial charge >= 0.3 is 6.36 Å². The van der Waals surface area contributed by atoms with Gasteiger partial charge in [0.2, 0.25) is 17.7 Å². The predicted octanol–water partition coefficient (Wildman–Crippen LogP) is 5.48. The quantitative estimate of drug-likeness (QED) is 0.245. The molecule has 1 atom stereocenters. The van der Waals surface area contributed by atoms with Crippen LogP contribution in [0.2, 0.25) is 0 Å². The van der Waals surface area contributed by atoms with Crippen LogP contribution in [-0.4, -0.2) is 45.6 Å². The number of unbranched alkanes of at least 4 members (excludes halogenated alkanes) is 2. The Morgan fingerprint density at radius 3 is 2.37 bits per heavy atom. The van der Waals surface area contributed by atoms with Crippen LogP contribution in [0.25, 0.3) is 11.5 Å². The number of nitrogens with zero attached hydrogens (tertiary/aromatic N) is 2. The molecular weight excluding hydrogens is 541 g/mol. The van der Waals surface area contributed by atoms with Crippen LogP contribution < -0.4 is 15.4 Å². The third-order valence-corrected chi connectivity index (χ3v) is 7.03. The Kier molecular flexibility index (Phi) is 9.98. The Hall–Kier alpha value is -3.93. The molecule has 1 fully saturated rings. The molecule has 0 saturated heterocycles. The van der Waals surface area contributed by atoms with Gasteiger partial charge in [-0.15, -0.1) is 23.4 Å². The fourth-order valence-corrected chi connectivity index (χ4v) is 4.86. The van der Waals surface area contributed by atoms with Gasteiger partial charge in [-0.2, -0.15) is 0 Å². The third-order valence-electron chi connectivity index (χ3n) is 7.03. The second-order valence-electron chi connectivity index (χ2n) is 10.1. The van der Waals surface area contributed by atoms with E-state index in [2.05, 4.69) is 25.6 Å². The minimum absolute atomic E-state index is 0.132. The van der Waals surface area contributed by atoms with Crippen molar-refractivity contribution in [3.8, 4) is 17.2 Å². The first-order chi connectivity index (χ1) is 19.7. The molecule has 1 heterocycles. The van der Waals surface area contributed by atoms with Gasteiger partial charge in [-0.3, -0.25) is 9.59 Å². The number of carbonyl (C=O) groups excluding carboxylic acids is 2. The van der Waals surface area contributed by atoms with Gasteiger partial charge in [-0.25, -0.2) is 0 Å². The Morgan fingerprint density at radius 2 is 1.68 bits per heavy atom. The van der Waals surface area contributed by atoms with Crippen molar-refractivity contribution in [2.24, 2.45) is 0 Å². The first-order valence-electron chi connectivity index (χ1n) is 13.7. The molecule has 41 heavy (non-hydrogen) atoms. The molecule has 0 spiro atoms. The van der Waals surface area contributed by atoms with Crippen LogP contribution in [-0.2, 0) is 4.79 Å². The number of nitrogens with one attached hydrogen (secondary N) is 2. The smallest absolute Gasteiger partial charge is 0.418 e. The van der Waals surface area contributed by atoms with Gasteiger partial charge in [0.05, 0.1) is 0 Å². The first-order valence-corrected chi connectivity index (χ1v) is 13.7. The number of aromatic nitrogens is 2. The number of carbonyl (C=O) groups is 2. The molecule has 1 unspecified atom stereocenters. The number of aliphatic hydroxyl groups is 1. The molecule has 1 aliphatic carbocycles. The fraction of sp³-hybridized carbons (Fsp3) is 0.448. The summed E-state index contributed by atoms with van der Waals surface area (Å²) in [5.74, 6) is -0.734. The molecule has 4 rings (SSSR count). The van der Waals surface area contributed by atoms with Crippen LogP contribution >= 0.6 is 0 Å². The van der Waals surface area contributed by atoms with E-state index in [4.69, 9.17) is 4.42 Å². The minimum atomic E-state index is -4.82. The second-order valence-corrected chi connectivity index (χ2v) is 10.1. The Balaban J connectivity index is 1.22. The van der Waals surface area contributed by atoms with Gasteiger partial charge in [0.1, 0.15) is 17.4 Å². The lowest BCUT2D eigenvalue weighted by molar-refractivity contribution is -0.274. The number of amides is 2. The van der Waals surface area contributed by atoms with Crippen molar-refractivity contribution in [3.63, 3.8) is 0 Å². The van der Waals surface area contributed by atoms with Gasteiger partial charge in [0, 0.05) is 17.7 Å². The molecule has 9 nitrogen and oxygen atoms in total. The van der Waals surface area contributed by atoms with E-state index in [1.165, 1.54) is 12.1 Å². The molecule has 2 amide bonds. The summed E-state index contributed by atoms with van der Waals surface area (Å²) in [6.07, 6.45) is 0.236. The monoisotopic (exact) mass is 574 g/mol.